The molecule has 2 heterocycles. The molecule has 0 spiro atoms. The van der Waals surface area contributed by atoms with Crippen LogP contribution in [-0.4, -0.2) is 14.8 Å². The largest absolute Gasteiger partial charge is 0.275 e. The first-order chi connectivity index (χ1) is 10.8. The van der Waals surface area contributed by atoms with Crippen molar-refractivity contribution in [3.05, 3.63) is 73.2 Å². The first-order valence-electron chi connectivity index (χ1n) is 7.24. The van der Waals surface area contributed by atoms with Gasteiger partial charge in [0.05, 0.1) is 11.7 Å². The standard InChI is InChI=1S/C19H15N3/c1-22-13-16(12-21-22)14-6-8-15(9-7-14)17-10-11-20-19-5-3-2-4-18(17)19/h2-13H,1H3. The van der Waals surface area contributed by atoms with Gasteiger partial charge in [0.25, 0.3) is 0 Å². The van der Waals surface area contributed by atoms with E-state index in [1.54, 1.807) is 0 Å². The van der Waals surface area contributed by atoms with Crippen LogP contribution in [0.15, 0.2) is 73.2 Å². The van der Waals surface area contributed by atoms with Gasteiger partial charge < -0.3 is 0 Å². The van der Waals surface area contributed by atoms with E-state index < -0.39 is 0 Å². The lowest BCUT2D eigenvalue weighted by Crippen LogP contribution is -1.85. The van der Waals surface area contributed by atoms with Crippen LogP contribution in [-0.2, 0) is 7.05 Å². The van der Waals surface area contributed by atoms with Crippen molar-refractivity contribution in [2.24, 2.45) is 7.05 Å². The normalized spacial score (nSPS) is 11.0. The molecule has 0 aliphatic heterocycles. The van der Waals surface area contributed by atoms with E-state index in [2.05, 4.69) is 52.5 Å². The third-order valence-electron chi connectivity index (χ3n) is 3.88. The molecule has 0 unspecified atom stereocenters. The first kappa shape index (κ1) is 12.8. The van der Waals surface area contributed by atoms with Crippen LogP contribution in [0.2, 0.25) is 0 Å². The number of aryl methyl sites for hydroxylation is 1. The molecule has 0 bridgehead atoms. The van der Waals surface area contributed by atoms with Crippen molar-refractivity contribution in [2.45, 2.75) is 0 Å². The lowest BCUT2D eigenvalue weighted by atomic mass is 9.99. The van der Waals surface area contributed by atoms with E-state index in [1.807, 2.05) is 42.5 Å². The van der Waals surface area contributed by atoms with Gasteiger partial charge in [-0.25, -0.2) is 0 Å². The Bertz CT molecular complexity index is 931. The van der Waals surface area contributed by atoms with Crippen molar-refractivity contribution in [3.63, 3.8) is 0 Å². The monoisotopic (exact) mass is 285 g/mol. The number of benzene rings is 2. The van der Waals surface area contributed by atoms with Crippen LogP contribution in [0.25, 0.3) is 33.2 Å². The van der Waals surface area contributed by atoms with Crippen molar-refractivity contribution in [2.75, 3.05) is 0 Å². The summed E-state index contributed by atoms with van der Waals surface area (Å²) in [6, 6.07) is 18.9. The van der Waals surface area contributed by atoms with Crippen molar-refractivity contribution in [1.82, 2.24) is 14.8 Å². The maximum Gasteiger partial charge on any atom is 0.0708 e. The van der Waals surface area contributed by atoms with Gasteiger partial charge >= 0.3 is 0 Å². The number of nitrogens with zero attached hydrogens (tertiary/aromatic N) is 3. The zero-order valence-electron chi connectivity index (χ0n) is 12.3. The number of pyridine rings is 1. The molecule has 4 aromatic rings. The summed E-state index contributed by atoms with van der Waals surface area (Å²) in [7, 11) is 1.93. The molecule has 3 nitrogen and oxygen atoms in total. The van der Waals surface area contributed by atoms with E-state index in [1.165, 1.54) is 22.1 Å². The Morgan fingerprint density at radius 2 is 1.59 bits per heavy atom. The predicted molar refractivity (Wildman–Crippen MR) is 89.4 cm³/mol. The van der Waals surface area contributed by atoms with Crippen molar-refractivity contribution in [3.8, 4) is 22.3 Å². The van der Waals surface area contributed by atoms with Crippen LogP contribution >= 0.6 is 0 Å². The summed E-state index contributed by atoms with van der Waals surface area (Å²) < 4.78 is 1.82. The molecule has 4 rings (SSSR count). The Morgan fingerprint density at radius 3 is 2.36 bits per heavy atom. The lowest BCUT2D eigenvalue weighted by molar-refractivity contribution is 0.768. The second-order valence-electron chi connectivity index (χ2n) is 5.36. The van der Waals surface area contributed by atoms with Crippen LogP contribution < -0.4 is 0 Å². The predicted octanol–water partition coefficient (Wildman–Crippen LogP) is 4.30. The third-order valence-corrected chi connectivity index (χ3v) is 3.88. The smallest absolute Gasteiger partial charge is 0.0708 e. The Kier molecular flexibility index (Phi) is 2.97. The molecule has 0 fully saturated rings. The van der Waals surface area contributed by atoms with Gasteiger partial charge in [-0.1, -0.05) is 42.5 Å². The summed E-state index contributed by atoms with van der Waals surface area (Å²) >= 11 is 0. The number of hydrogen-bond acceptors (Lipinski definition) is 2. The maximum atomic E-state index is 4.42. The number of fused-ring (bicyclic) bond motifs is 1. The number of aromatic nitrogens is 3. The molecule has 0 saturated heterocycles. The fourth-order valence-corrected chi connectivity index (χ4v) is 2.76. The van der Waals surface area contributed by atoms with Gasteiger partial charge in [0.2, 0.25) is 0 Å². The molecule has 22 heavy (non-hydrogen) atoms. The zero-order chi connectivity index (χ0) is 14.9. The van der Waals surface area contributed by atoms with Crippen molar-refractivity contribution >= 4 is 10.9 Å². The minimum Gasteiger partial charge on any atom is -0.275 e. The number of rotatable bonds is 2. The number of para-hydroxylation sites is 1. The molecule has 3 heteroatoms. The summed E-state index contributed by atoms with van der Waals surface area (Å²) in [5.41, 5.74) is 5.75. The summed E-state index contributed by atoms with van der Waals surface area (Å²) in [6.07, 6.45) is 5.78. The molecule has 0 N–H and O–H groups in total. The molecule has 0 atom stereocenters. The SMILES string of the molecule is Cn1cc(-c2ccc(-c3ccnc4ccccc34)cc2)cn1. The highest BCUT2D eigenvalue weighted by atomic mass is 15.2. The van der Waals surface area contributed by atoms with Crippen LogP contribution in [0, 0.1) is 0 Å². The molecule has 0 saturated carbocycles. The van der Waals surface area contributed by atoms with Crippen LogP contribution in [0.1, 0.15) is 0 Å². The molecular weight excluding hydrogens is 270 g/mol. The second kappa shape index (κ2) is 5.11. The van der Waals surface area contributed by atoms with E-state index >= 15 is 0 Å². The molecule has 2 aromatic carbocycles. The van der Waals surface area contributed by atoms with Gasteiger partial charge in [-0.15, -0.1) is 0 Å². The molecule has 106 valence electrons. The average molecular weight is 285 g/mol. The Labute approximate surface area is 128 Å². The summed E-state index contributed by atoms with van der Waals surface area (Å²) in [5, 5.41) is 5.40. The molecule has 2 aromatic heterocycles. The highest BCUT2D eigenvalue weighted by molar-refractivity contribution is 5.94. The molecular formula is C19H15N3. The highest BCUT2D eigenvalue weighted by Gasteiger charge is 2.05. The minimum atomic E-state index is 1.02. The maximum absolute atomic E-state index is 4.42. The molecule has 0 aliphatic rings. The molecule has 0 aliphatic carbocycles. The Balaban J connectivity index is 1.79. The van der Waals surface area contributed by atoms with E-state index in [9.17, 15) is 0 Å². The van der Waals surface area contributed by atoms with Crippen molar-refractivity contribution < 1.29 is 0 Å². The Hall–Kier alpha value is -2.94. The molecule has 0 radical (unpaired) electrons. The van der Waals surface area contributed by atoms with Gasteiger partial charge in [0.1, 0.15) is 0 Å². The first-order valence-corrected chi connectivity index (χ1v) is 7.24. The topological polar surface area (TPSA) is 30.7 Å². The van der Waals surface area contributed by atoms with E-state index in [0.29, 0.717) is 0 Å². The van der Waals surface area contributed by atoms with Gasteiger partial charge in [-0.05, 0) is 28.8 Å². The van der Waals surface area contributed by atoms with Crippen molar-refractivity contribution in [1.29, 1.82) is 0 Å². The molecule has 0 amide bonds. The third kappa shape index (κ3) is 2.17. The Morgan fingerprint density at radius 1 is 0.818 bits per heavy atom. The van der Waals surface area contributed by atoms with Crippen LogP contribution in [0.5, 0.6) is 0 Å². The second-order valence-corrected chi connectivity index (χ2v) is 5.36. The van der Waals surface area contributed by atoms with Gasteiger partial charge in [-0.3, -0.25) is 9.67 Å². The van der Waals surface area contributed by atoms with E-state index in [-0.39, 0.29) is 0 Å². The lowest BCUT2D eigenvalue weighted by Gasteiger charge is -2.07. The van der Waals surface area contributed by atoms with E-state index in [0.717, 1.165) is 11.1 Å². The fourth-order valence-electron chi connectivity index (χ4n) is 2.76. The zero-order valence-corrected chi connectivity index (χ0v) is 12.3. The number of hydrogen-bond donors (Lipinski definition) is 0. The minimum absolute atomic E-state index is 1.02. The van der Waals surface area contributed by atoms with E-state index in [4.69, 9.17) is 0 Å². The van der Waals surface area contributed by atoms with Crippen LogP contribution in [0.4, 0.5) is 0 Å². The summed E-state index contributed by atoms with van der Waals surface area (Å²) in [5.74, 6) is 0. The summed E-state index contributed by atoms with van der Waals surface area (Å²) in [4.78, 5) is 4.42. The van der Waals surface area contributed by atoms with Gasteiger partial charge in [0.15, 0.2) is 0 Å². The van der Waals surface area contributed by atoms with Gasteiger partial charge in [0, 0.05) is 30.4 Å². The van der Waals surface area contributed by atoms with Gasteiger partial charge in [-0.2, -0.15) is 5.10 Å². The summed E-state index contributed by atoms with van der Waals surface area (Å²) in [6.45, 7) is 0. The quantitative estimate of drug-likeness (QED) is 0.549. The van der Waals surface area contributed by atoms with Crippen LogP contribution in [0.3, 0.4) is 0 Å². The highest BCUT2D eigenvalue weighted by Crippen LogP contribution is 2.29. The fraction of sp³-hybridized carbons (Fsp3) is 0.0526. The average Bonchev–Trinajstić information content (AvgIpc) is 3.01.